The molecule has 0 saturated carbocycles. The van der Waals surface area contributed by atoms with E-state index in [4.69, 9.17) is 16.3 Å². The minimum absolute atomic E-state index is 0.0568. The van der Waals surface area contributed by atoms with Crippen LogP contribution in [-0.2, 0) is 9.53 Å². The molecule has 0 aliphatic heterocycles. The van der Waals surface area contributed by atoms with Crippen molar-refractivity contribution in [3.8, 4) is 0 Å². The SMILES string of the molecule is CO[C@@H](C(=O)N/N=C\c1cc2cc([N+](=O)[O-])ccc2nc1Cl)c1ccccc1. The Balaban J connectivity index is 1.79. The fourth-order valence-corrected chi connectivity index (χ4v) is 2.80. The van der Waals surface area contributed by atoms with Crippen molar-refractivity contribution in [2.45, 2.75) is 6.10 Å². The quantitative estimate of drug-likeness (QED) is 0.295. The number of carbonyl (C=O) groups excluding carboxylic acids is 1. The monoisotopic (exact) mass is 398 g/mol. The molecule has 1 N–H and O–H groups in total. The number of nitrogens with zero attached hydrogens (tertiary/aromatic N) is 3. The Bertz CT molecular complexity index is 1060. The number of non-ortho nitro benzene ring substituents is 1. The molecule has 9 heteroatoms. The van der Waals surface area contributed by atoms with Crippen LogP contribution in [0.15, 0.2) is 59.7 Å². The lowest BCUT2D eigenvalue weighted by Crippen LogP contribution is -2.26. The van der Waals surface area contributed by atoms with E-state index in [-0.39, 0.29) is 10.8 Å². The molecule has 0 bridgehead atoms. The normalized spacial score (nSPS) is 12.2. The van der Waals surface area contributed by atoms with E-state index < -0.39 is 16.9 Å². The molecule has 0 aliphatic rings. The van der Waals surface area contributed by atoms with Gasteiger partial charge in [0, 0.05) is 30.2 Å². The number of nitrogens with one attached hydrogen (secondary N) is 1. The Morgan fingerprint density at radius 3 is 2.71 bits per heavy atom. The second-order valence-electron chi connectivity index (χ2n) is 5.76. The molecule has 8 nitrogen and oxygen atoms in total. The molecule has 1 amide bonds. The topological polar surface area (TPSA) is 107 Å². The lowest BCUT2D eigenvalue weighted by molar-refractivity contribution is -0.384. The number of nitro groups is 1. The third kappa shape index (κ3) is 4.30. The zero-order valence-electron chi connectivity index (χ0n) is 14.7. The Labute approximate surface area is 164 Å². The van der Waals surface area contributed by atoms with Crippen molar-refractivity contribution < 1.29 is 14.5 Å². The summed E-state index contributed by atoms with van der Waals surface area (Å²) in [6.07, 6.45) is 0.509. The molecule has 1 heterocycles. The molecule has 0 spiro atoms. The van der Waals surface area contributed by atoms with Crippen LogP contribution in [0.25, 0.3) is 10.9 Å². The number of ether oxygens (including phenoxy) is 1. The number of amides is 1. The number of hydrogen-bond acceptors (Lipinski definition) is 6. The first kappa shape index (κ1) is 19.4. The van der Waals surface area contributed by atoms with Gasteiger partial charge >= 0.3 is 0 Å². The smallest absolute Gasteiger partial charge is 0.273 e. The molecular weight excluding hydrogens is 384 g/mol. The first-order valence-electron chi connectivity index (χ1n) is 8.15. The standard InChI is InChI=1S/C19H15ClN4O4/c1-28-17(12-5-3-2-4-6-12)19(25)23-21-11-14-9-13-10-15(24(26)27)7-8-16(13)22-18(14)20/h2-11,17H,1H3,(H,23,25)/b21-11-/t17-/m1/s1. The van der Waals surface area contributed by atoms with E-state index >= 15 is 0 Å². The molecule has 2 aromatic carbocycles. The van der Waals surface area contributed by atoms with E-state index in [1.807, 2.05) is 6.07 Å². The summed E-state index contributed by atoms with van der Waals surface area (Å²) in [5.41, 5.74) is 3.95. The number of hydrogen-bond donors (Lipinski definition) is 1. The average molecular weight is 399 g/mol. The highest BCUT2D eigenvalue weighted by atomic mass is 35.5. The van der Waals surface area contributed by atoms with Crippen LogP contribution in [0.4, 0.5) is 5.69 Å². The second-order valence-corrected chi connectivity index (χ2v) is 6.12. The van der Waals surface area contributed by atoms with Gasteiger partial charge in [-0.1, -0.05) is 41.9 Å². The predicted molar refractivity (Wildman–Crippen MR) is 105 cm³/mol. The summed E-state index contributed by atoms with van der Waals surface area (Å²) in [6.45, 7) is 0. The number of nitro benzene ring substituents is 1. The van der Waals surface area contributed by atoms with Gasteiger partial charge in [0.05, 0.1) is 16.7 Å². The molecule has 0 fully saturated rings. The van der Waals surface area contributed by atoms with Gasteiger partial charge in [-0.05, 0) is 17.7 Å². The highest BCUT2D eigenvalue weighted by molar-refractivity contribution is 6.32. The Morgan fingerprint density at radius 2 is 2.04 bits per heavy atom. The summed E-state index contributed by atoms with van der Waals surface area (Å²) in [6, 6.07) is 14.9. The first-order chi connectivity index (χ1) is 13.5. The molecule has 0 radical (unpaired) electrons. The zero-order valence-corrected chi connectivity index (χ0v) is 15.5. The second kappa shape index (κ2) is 8.55. The van der Waals surface area contributed by atoms with E-state index in [9.17, 15) is 14.9 Å². The molecule has 1 atom stereocenters. The van der Waals surface area contributed by atoms with Crippen molar-refractivity contribution in [3.63, 3.8) is 0 Å². The Kier molecular flexibility index (Phi) is 5.93. The van der Waals surface area contributed by atoms with Crippen LogP contribution >= 0.6 is 11.6 Å². The first-order valence-corrected chi connectivity index (χ1v) is 8.52. The number of fused-ring (bicyclic) bond motifs is 1. The average Bonchev–Trinajstić information content (AvgIpc) is 2.69. The third-order valence-corrected chi connectivity index (χ3v) is 4.25. The minimum Gasteiger partial charge on any atom is -0.367 e. The van der Waals surface area contributed by atoms with Gasteiger partial charge in [-0.15, -0.1) is 0 Å². The Morgan fingerprint density at radius 1 is 1.29 bits per heavy atom. The number of halogens is 1. The van der Waals surface area contributed by atoms with Crippen LogP contribution in [0.2, 0.25) is 5.15 Å². The minimum atomic E-state index is -0.814. The number of aromatic nitrogens is 1. The molecular formula is C19H15ClN4O4. The van der Waals surface area contributed by atoms with Gasteiger partial charge in [-0.3, -0.25) is 14.9 Å². The molecule has 3 aromatic rings. The fourth-order valence-electron chi connectivity index (χ4n) is 2.61. The summed E-state index contributed by atoms with van der Waals surface area (Å²) >= 11 is 6.13. The lowest BCUT2D eigenvalue weighted by Gasteiger charge is -2.13. The summed E-state index contributed by atoms with van der Waals surface area (Å²) in [7, 11) is 1.43. The maximum atomic E-state index is 12.3. The number of benzene rings is 2. The molecule has 3 rings (SSSR count). The van der Waals surface area contributed by atoms with E-state index in [0.717, 1.165) is 0 Å². The van der Waals surface area contributed by atoms with Crippen molar-refractivity contribution in [3.05, 3.63) is 81.0 Å². The maximum absolute atomic E-state index is 12.3. The number of carbonyl (C=O) groups is 1. The highest BCUT2D eigenvalue weighted by Gasteiger charge is 2.19. The van der Waals surface area contributed by atoms with Crippen molar-refractivity contribution in [1.82, 2.24) is 10.4 Å². The number of rotatable bonds is 6. The lowest BCUT2D eigenvalue weighted by atomic mass is 10.1. The van der Waals surface area contributed by atoms with Crippen LogP contribution in [-0.4, -0.2) is 29.1 Å². The van der Waals surface area contributed by atoms with Crippen molar-refractivity contribution in [1.29, 1.82) is 0 Å². The number of pyridine rings is 1. The van der Waals surface area contributed by atoms with Crippen LogP contribution in [0.5, 0.6) is 0 Å². The van der Waals surface area contributed by atoms with E-state index in [1.165, 1.54) is 31.5 Å². The molecule has 28 heavy (non-hydrogen) atoms. The van der Waals surface area contributed by atoms with Crippen LogP contribution < -0.4 is 5.43 Å². The fraction of sp³-hybridized carbons (Fsp3) is 0.105. The van der Waals surface area contributed by atoms with Gasteiger partial charge in [-0.25, -0.2) is 10.4 Å². The van der Waals surface area contributed by atoms with Crippen LogP contribution in [0.3, 0.4) is 0 Å². The number of methoxy groups -OCH3 is 1. The Hall–Kier alpha value is -3.36. The van der Waals surface area contributed by atoms with Gasteiger partial charge in [0.15, 0.2) is 6.10 Å². The van der Waals surface area contributed by atoms with E-state index in [0.29, 0.717) is 22.0 Å². The van der Waals surface area contributed by atoms with Crippen molar-refractivity contribution >= 4 is 40.3 Å². The van der Waals surface area contributed by atoms with E-state index in [1.54, 1.807) is 30.3 Å². The summed E-state index contributed by atoms with van der Waals surface area (Å²) in [5, 5.41) is 15.5. The van der Waals surface area contributed by atoms with Gasteiger partial charge in [-0.2, -0.15) is 5.10 Å². The van der Waals surface area contributed by atoms with Crippen LogP contribution in [0.1, 0.15) is 17.2 Å². The van der Waals surface area contributed by atoms with Crippen LogP contribution in [0, 0.1) is 10.1 Å². The van der Waals surface area contributed by atoms with Gasteiger partial charge < -0.3 is 4.74 Å². The van der Waals surface area contributed by atoms with Gasteiger partial charge in [0.2, 0.25) is 0 Å². The van der Waals surface area contributed by atoms with E-state index in [2.05, 4.69) is 15.5 Å². The molecule has 0 aliphatic carbocycles. The molecule has 142 valence electrons. The molecule has 0 unspecified atom stereocenters. The summed E-state index contributed by atoms with van der Waals surface area (Å²) in [5.74, 6) is -0.453. The largest absolute Gasteiger partial charge is 0.367 e. The third-order valence-electron chi connectivity index (χ3n) is 3.94. The summed E-state index contributed by atoms with van der Waals surface area (Å²) in [4.78, 5) is 26.9. The highest BCUT2D eigenvalue weighted by Crippen LogP contribution is 2.23. The van der Waals surface area contributed by atoms with Gasteiger partial charge in [0.25, 0.3) is 11.6 Å². The summed E-state index contributed by atoms with van der Waals surface area (Å²) < 4.78 is 5.23. The van der Waals surface area contributed by atoms with Crippen molar-refractivity contribution in [2.24, 2.45) is 5.10 Å². The zero-order chi connectivity index (χ0) is 20.1. The molecule has 1 aromatic heterocycles. The van der Waals surface area contributed by atoms with Crippen molar-refractivity contribution in [2.75, 3.05) is 7.11 Å². The van der Waals surface area contributed by atoms with Gasteiger partial charge in [0.1, 0.15) is 5.15 Å². The molecule has 0 saturated heterocycles. The maximum Gasteiger partial charge on any atom is 0.273 e. The predicted octanol–water partition coefficient (Wildman–Crippen LogP) is 3.63. The number of hydrazone groups is 1.